The zero-order valence-corrected chi connectivity index (χ0v) is 11.8. The zero-order valence-electron chi connectivity index (χ0n) is 11.0. The van der Waals surface area contributed by atoms with Gasteiger partial charge in [0.2, 0.25) is 5.95 Å². The number of nitrogens with two attached hydrogens (primary N) is 1. The van der Waals surface area contributed by atoms with Crippen LogP contribution in [0, 0.1) is 0 Å². The summed E-state index contributed by atoms with van der Waals surface area (Å²) in [6.45, 7) is 1.77. The molecule has 0 bridgehead atoms. The highest BCUT2D eigenvalue weighted by Gasteiger charge is 2.18. The van der Waals surface area contributed by atoms with E-state index in [1.807, 2.05) is 0 Å². The molecule has 5 nitrogen and oxygen atoms in total. The van der Waals surface area contributed by atoms with Gasteiger partial charge in [-0.1, -0.05) is 35.9 Å². The van der Waals surface area contributed by atoms with Crippen molar-refractivity contribution < 1.29 is 0 Å². The number of hydrazine groups is 1. The maximum atomic E-state index is 6.22. The Bertz CT molecular complexity index is 589. The number of nitrogen functional groups attached to an aromatic ring is 1. The predicted molar refractivity (Wildman–Crippen MR) is 80.9 cm³/mol. The van der Waals surface area contributed by atoms with E-state index in [2.05, 4.69) is 44.6 Å². The molecule has 0 atom stereocenters. The molecule has 1 aliphatic heterocycles. The Labute approximate surface area is 122 Å². The summed E-state index contributed by atoms with van der Waals surface area (Å²) in [4.78, 5) is 10.6. The third-order valence-electron chi connectivity index (χ3n) is 3.57. The zero-order chi connectivity index (χ0) is 13.9. The number of aromatic nitrogens is 2. The molecule has 0 amide bonds. The van der Waals surface area contributed by atoms with Crippen LogP contribution in [-0.4, -0.2) is 23.1 Å². The molecule has 0 saturated carbocycles. The van der Waals surface area contributed by atoms with Crippen LogP contribution in [0.5, 0.6) is 0 Å². The van der Waals surface area contributed by atoms with Crippen LogP contribution in [0.1, 0.15) is 11.1 Å². The average molecular weight is 290 g/mol. The van der Waals surface area contributed by atoms with Crippen molar-refractivity contribution in [2.45, 2.75) is 12.8 Å². The Kier molecular flexibility index (Phi) is 3.71. The van der Waals surface area contributed by atoms with Crippen molar-refractivity contribution in [2.24, 2.45) is 5.84 Å². The van der Waals surface area contributed by atoms with Gasteiger partial charge in [0.1, 0.15) is 5.02 Å². The third-order valence-corrected chi connectivity index (χ3v) is 3.84. The highest BCUT2D eigenvalue weighted by atomic mass is 35.5. The van der Waals surface area contributed by atoms with Crippen LogP contribution in [0.4, 0.5) is 11.8 Å². The van der Waals surface area contributed by atoms with Gasteiger partial charge in [-0.2, -0.15) is 4.98 Å². The largest absolute Gasteiger partial charge is 0.355 e. The van der Waals surface area contributed by atoms with Crippen molar-refractivity contribution in [1.82, 2.24) is 9.97 Å². The Balaban J connectivity index is 1.86. The van der Waals surface area contributed by atoms with Crippen LogP contribution < -0.4 is 16.2 Å². The first-order chi connectivity index (χ1) is 9.78. The summed E-state index contributed by atoms with van der Waals surface area (Å²) in [5, 5.41) is 0.551. The van der Waals surface area contributed by atoms with Gasteiger partial charge in [0.05, 0.1) is 6.20 Å². The standard InChI is InChI=1S/C14H16ClN5/c15-12-9-17-14(19-16)18-13(12)20-7-5-10-3-1-2-4-11(10)6-8-20/h1-4,9H,5-8,16H2,(H,17,18,19). The third kappa shape index (κ3) is 2.55. The van der Waals surface area contributed by atoms with Gasteiger partial charge in [0.15, 0.2) is 5.82 Å². The fraction of sp³-hybridized carbons (Fsp3) is 0.286. The smallest absolute Gasteiger partial charge is 0.239 e. The number of halogens is 1. The highest BCUT2D eigenvalue weighted by Crippen LogP contribution is 2.26. The summed E-state index contributed by atoms with van der Waals surface area (Å²) in [6, 6.07) is 8.55. The van der Waals surface area contributed by atoms with Gasteiger partial charge in [0, 0.05) is 13.1 Å². The minimum Gasteiger partial charge on any atom is -0.355 e. The van der Waals surface area contributed by atoms with Crippen LogP contribution in [0.15, 0.2) is 30.5 Å². The summed E-state index contributed by atoms with van der Waals surface area (Å²) in [5.74, 6) is 6.48. The van der Waals surface area contributed by atoms with E-state index in [0.29, 0.717) is 11.0 Å². The lowest BCUT2D eigenvalue weighted by molar-refractivity contribution is 0.788. The predicted octanol–water partition coefficient (Wildman–Crippen LogP) is 2.02. The minimum absolute atomic E-state index is 0.381. The SMILES string of the molecule is NNc1ncc(Cl)c(N2CCc3ccccc3CC2)n1. The second kappa shape index (κ2) is 5.64. The molecule has 1 aromatic heterocycles. The van der Waals surface area contributed by atoms with Crippen LogP contribution in [0.2, 0.25) is 5.02 Å². The summed E-state index contributed by atoms with van der Waals surface area (Å²) in [7, 11) is 0. The number of anilines is 2. The quantitative estimate of drug-likeness (QED) is 0.654. The van der Waals surface area contributed by atoms with E-state index >= 15 is 0 Å². The molecule has 2 aromatic rings. The number of rotatable bonds is 2. The molecule has 0 spiro atoms. The second-order valence-electron chi connectivity index (χ2n) is 4.77. The number of fused-ring (bicyclic) bond motifs is 1. The molecule has 2 heterocycles. The van der Waals surface area contributed by atoms with Crippen molar-refractivity contribution in [1.29, 1.82) is 0 Å². The van der Waals surface area contributed by atoms with E-state index in [9.17, 15) is 0 Å². The van der Waals surface area contributed by atoms with E-state index < -0.39 is 0 Å². The molecule has 3 rings (SSSR count). The van der Waals surface area contributed by atoms with Crippen molar-refractivity contribution in [3.63, 3.8) is 0 Å². The van der Waals surface area contributed by atoms with Crippen molar-refractivity contribution >= 4 is 23.4 Å². The lowest BCUT2D eigenvalue weighted by atomic mass is 10.0. The van der Waals surface area contributed by atoms with Crippen molar-refractivity contribution in [2.75, 3.05) is 23.4 Å². The van der Waals surface area contributed by atoms with Gasteiger partial charge in [-0.15, -0.1) is 0 Å². The first-order valence-corrected chi connectivity index (χ1v) is 6.96. The average Bonchev–Trinajstić information content (AvgIpc) is 2.70. The van der Waals surface area contributed by atoms with Gasteiger partial charge in [-0.3, -0.25) is 5.43 Å². The number of hydrogen-bond acceptors (Lipinski definition) is 5. The van der Waals surface area contributed by atoms with Gasteiger partial charge in [-0.05, 0) is 24.0 Å². The molecule has 0 saturated heterocycles. The molecule has 0 aliphatic carbocycles. The lowest BCUT2D eigenvalue weighted by Gasteiger charge is -2.22. The maximum absolute atomic E-state index is 6.22. The summed E-state index contributed by atoms with van der Waals surface area (Å²) < 4.78 is 0. The normalized spacial score (nSPS) is 14.6. The fourth-order valence-corrected chi connectivity index (χ4v) is 2.74. The monoisotopic (exact) mass is 289 g/mol. The molecular weight excluding hydrogens is 274 g/mol. The number of nitrogens with one attached hydrogen (secondary N) is 1. The molecule has 3 N–H and O–H groups in total. The Morgan fingerprint density at radius 3 is 2.40 bits per heavy atom. The second-order valence-corrected chi connectivity index (χ2v) is 5.17. The van der Waals surface area contributed by atoms with Crippen LogP contribution in [0.25, 0.3) is 0 Å². The van der Waals surface area contributed by atoms with E-state index in [1.165, 1.54) is 11.1 Å². The van der Waals surface area contributed by atoms with Gasteiger partial charge < -0.3 is 4.90 Å². The summed E-state index contributed by atoms with van der Waals surface area (Å²) in [6.07, 6.45) is 3.56. The first-order valence-electron chi connectivity index (χ1n) is 6.59. The van der Waals surface area contributed by atoms with Crippen LogP contribution in [0.3, 0.4) is 0 Å². The molecule has 6 heteroatoms. The van der Waals surface area contributed by atoms with E-state index in [4.69, 9.17) is 17.4 Å². The molecule has 0 unspecified atom stereocenters. The molecule has 1 aliphatic rings. The molecule has 20 heavy (non-hydrogen) atoms. The number of nitrogens with zero attached hydrogens (tertiary/aromatic N) is 3. The minimum atomic E-state index is 0.381. The van der Waals surface area contributed by atoms with Crippen molar-refractivity contribution in [3.05, 3.63) is 46.6 Å². The lowest BCUT2D eigenvalue weighted by Crippen LogP contribution is -2.28. The Morgan fingerprint density at radius 1 is 1.15 bits per heavy atom. The molecule has 1 aromatic carbocycles. The molecule has 104 valence electrons. The molecular formula is C14H16ClN5. The Morgan fingerprint density at radius 2 is 1.80 bits per heavy atom. The van der Waals surface area contributed by atoms with Gasteiger partial charge >= 0.3 is 0 Å². The van der Waals surface area contributed by atoms with Crippen LogP contribution >= 0.6 is 11.6 Å². The highest BCUT2D eigenvalue weighted by molar-refractivity contribution is 6.32. The summed E-state index contributed by atoms with van der Waals surface area (Å²) >= 11 is 6.22. The Hall–Kier alpha value is -1.85. The van der Waals surface area contributed by atoms with E-state index in [0.717, 1.165) is 31.7 Å². The van der Waals surface area contributed by atoms with E-state index in [-0.39, 0.29) is 0 Å². The summed E-state index contributed by atoms with van der Waals surface area (Å²) in [5.41, 5.74) is 5.26. The first kappa shape index (κ1) is 13.1. The van der Waals surface area contributed by atoms with Crippen LogP contribution in [-0.2, 0) is 12.8 Å². The van der Waals surface area contributed by atoms with E-state index in [1.54, 1.807) is 6.20 Å². The molecule has 0 fully saturated rings. The topological polar surface area (TPSA) is 67.1 Å². The van der Waals surface area contributed by atoms with Crippen molar-refractivity contribution in [3.8, 4) is 0 Å². The fourth-order valence-electron chi connectivity index (χ4n) is 2.53. The van der Waals surface area contributed by atoms with Gasteiger partial charge in [0.25, 0.3) is 0 Å². The number of benzene rings is 1. The maximum Gasteiger partial charge on any atom is 0.239 e. The van der Waals surface area contributed by atoms with Gasteiger partial charge in [-0.25, -0.2) is 10.8 Å². The molecule has 0 radical (unpaired) electrons. The number of hydrogen-bond donors (Lipinski definition) is 2.